The molecule has 0 saturated heterocycles. The second-order valence-corrected chi connectivity index (χ2v) is 3.43. The number of hydrogen-bond acceptors (Lipinski definition) is 2. The van der Waals surface area contributed by atoms with E-state index in [4.69, 9.17) is 4.74 Å². The third-order valence-corrected chi connectivity index (χ3v) is 2.36. The zero-order chi connectivity index (χ0) is 10.8. The van der Waals surface area contributed by atoms with Gasteiger partial charge in [-0.15, -0.1) is 0 Å². The lowest BCUT2D eigenvalue weighted by atomic mass is 10.0. The third-order valence-electron chi connectivity index (χ3n) is 2.36. The Morgan fingerprint density at radius 2 is 2.40 bits per heavy atom. The lowest BCUT2D eigenvalue weighted by molar-refractivity contribution is 0.0520. The number of ether oxygens (including phenoxy) is 1. The van der Waals surface area contributed by atoms with Gasteiger partial charge in [-0.05, 0) is 31.1 Å². The van der Waals surface area contributed by atoms with Crippen molar-refractivity contribution in [1.29, 1.82) is 0 Å². The maximum absolute atomic E-state index is 13.0. The van der Waals surface area contributed by atoms with Gasteiger partial charge in [0, 0.05) is 12.1 Å². The molecule has 80 valence electrons. The highest BCUT2D eigenvalue weighted by Crippen LogP contribution is 2.25. The van der Waals surface area contributed by atoms with E-state index in [1.165, 1.54) is 6.08 Å². The van der Waals surface area contributed by atoms with Crippen LogP contribution in [0.5, 0.6) is 0 Å². The number of rotatable bonds is 2. The number of esters is 1. The van der Waals surface area contributed by atoms with E-state index in [0.717, 1.165) is 11.3 Å². The normalized spacial score (nSPS) is 14.4. The standard InChI is InChI=1S/C11H12FNO2/c1-2-15-11(14)10-6-7-5-8(12)3-4-9(7)13-10/h5-6,13H,2-4H2,1H3. The first-order valence-electron chi connectivity index (χ1n) is 4.95. The molecule has 1 N–H and O–H groups in total. The Labute approximate surface area is 86.9 Å². The quantitative estimate of drug-likeness (QED) is 0.760. The van der Waals surface area contributed by atoms with Crippen LogP contribution in [0.15, 0.2) is 11.9 Å². The Morgan fingerprint density at radius 3 is 3.13 bits per heavy atom. The van der Waals surface area contributed by atoms with Gasteiger partial charge in [0.1, 0.15) is 11.5 Å². The minimum atomic E-state index is -0.388. The Morgan fingerprint density at radius 1 is 1.60 bits per heavy atom. The van der Waals surface area contributed by atoms with Crippen molar-refractivity contribution in [3.63, 3.8) is 0 Å². The number of halogens is 1. The van der Waals surface area contributed by atoms with Crippen LogP contribution in [0.25, 0.3) is 6.08 Å². The second kappa shape index (κ2) is 3.88. The number of H-pyrrole nitrogens is 1. The van der Waals surface area contributed by atoms with Crippen molar-refractivity contribution < 1.29 is 13.9 Å². The number of aryl methyl sites for hydroxylation is 1. The molecule has 3 nitrogen and oxygen atoms in total. The summed E-state index contributed by atoms with van der Waals surface area (Å²) in [7, 11) is 0. The van der Waals surface area contributed by atoms with E-state index in [1.54, 1.807) is 13.0 Å². The summed E-state index contributed by atoms with van der Waals surface area (Å²) < 4.78 is 17.8. The van der Waals surface area contributed by atoms with E-state index in [2.05, 4.69) is 4.98 Å². The van der Waals surface area contributed by atoms with Crippen molar-refractivity contribution in [2.24, 2.45) is 0 Å². The molecule has 0 aliphatic heterocycles. The van der Waals surface area contributed by atoms with Gasteiger partial charge in [-0.3, -0.25) is 0 Å². The smallest absolute Gasteiger partial charge is 0.354 e. The number of carbonyl (C=O) groups excluding carboxylic acids is 1. The van der Waals surface area contributed by atoms with Gasteiger partial charge >= 0.3 is 5.97 Å². The van der Waals surface area contributed by atoms with E-state index < -0.39 is 0 Å². The summed E-state index contributed by atoms with van der Waals surface area (Å²) in [5, 5.41) is 0. The highest BCUT2D eigenvalue weighted by molar-refractivity contribution is 5.88. The van der Waals surface area contributed by atoms with Crippen molar-refractivity contribution in [1.82, 2.24) is 4.98 Å². The number of fused-ring (bicyclic) bond motifs is 1. The molecule has 1 aromatic rings. The predicted molar refractivity (Wildman–Crippen MR) is 54.2 cm³/mol. The van der Waals surface area contributed by atoms with E-state index in [1.807, 2.05) is 0 Å². The van der Waals surface area contributed by atoms with Crippen molar-refractivity contribution in [3.8, 4) is 0 Å². The summed E-state index contributed by atoms with van der Waals surface area (Å²) >= 11 is 0. The molecule has 0 amide bonds. The lowest BCUT2D eigenvalue weighted by Crippen LogP contribution is -2.05. The molecule has 1 aliphatic rings. The van der Waals surface area contributed by atoms with Crippen LogP contribution in [0.1, 0.15) is 35.1 Å². The summed E-state index contributed by atoms with van der Waals surface area (Å²) in [5.74, 6) is -0.530. The van der Waals surface area contributed by atoms with Gasteiger partial charge in [0.05, 0.1) is 6.61 Å². The highest BCUT2D eigenvalue weighted by Gasteiger charge is 2.17. The number of hydrogen-bond donors (Lipinski definition) is 1. The lowest BCUT2D eigenvalue weighted by Gasteiger charge is -2.05. The summed E-state index contributed by atoms with van der Waals surface area (Å²) in [6.45, 7) is 2.09. The van der Waals surface area contributed by atoms with E-state index >= 15 is 0 Å². The van der Waals surface area contributed by atoms with Crippen LogP contribution in [0, 0.1) is 0 Å². The van der Waals surface area contributed by atoms with Crippen molar-refractivity contribution in [2.75, 3.05) is 6.61 Å². The van der Waals surface area contributed by atoms with Crippen molar-refractivity contribution in [2.45, 2.75) is 19.8 Å². The molecule has 2 rings (SSSR count). The van der Waals surface area contributed by atoms with Crippen LogP contribution in [-0.2, 0) is 11.2 Å². The molecule has 15 heavy (non-hydrogen) atoms. The van der Waals surface area contributed by atoms with Gasteiger partial charge in [0.25, 0.3) is 0 Å². The Bertz CT molecular complexity index is 420. The Kier molecular flexibility index (Phi) is 2.58. The molecule has 0 spiro atoms. The fourth-order valence-electron chi connectivity index (χ4n) is 1.65. The van der Waals surface area contributed by atoms with Gasteiger partial charge in [0.2, 0.25) is 0 Å². The molecular weight excluding hydrogens is 197 g/mol. The van der Waals surface area contributed by atoms with Crippen LogP contribution in [0.2, 0.25) is 0 Å². The highest BCUT2D eigenvalue weighted by atomic mass is 19.1. The van der Waals surface area contributed by atoms with Crippen LogP contribution in [0.4, 0.5) is 4.39 Å². The van der Waals surface area contributed by atoms with E-state index in [-0.39, 0.29) is 11.8 Å². The molecule has 0 aromatic carbocycles. The zero-order valence-electron chi connectivity index (χ0n) is 8.47. The third kappa shape index (κ3) is 1.93. The number of aromatic amines is 1. The maximum Gasteiger partial charge on any atom is 0.354 e. The Balaban J connectivity index is 2.27. The maximum atomic E-state index is 13.0. The first kappa shape index (κ1) is 9.96. The minimum Gasteiger partial charge on any atom is -0.461 e. The van der Waals surface area contributed by atoms with Gasteiger partial charge in [-0.25, -0.2) is 9.18 Å². The van der Waals surface area contributed by atoms with Crippen LogP contribution >= 0.6 is 0 Å². The van der Waals surface area contributed by atoms with E-state index in [9.17, 15) is 9.18 Å². The van der Waals surface area contributed by atoms with Crippen LogP contribution in [0.3, 0.4) is 0 Å². The summed E-state index contributed by atoms with van der Waals surface area (Å²) in [5.41, 5.74) is 2.05. The molecule has 0 atom stereocenters. The molecule has 0 saturated carbocycles. The molecule has 1 aliphatic carbocycles. The molecule has 0 unspecified atom stereocenters. The summed E-state index contributed by atoms with van der Waals surface area (Å²) in [6.07, 6.45) is 2.46. The summed E-state index contributed by atoms with van der Waals surface area (Å²) in [4.78, 5) is 14.3. The Hall–Kier alpha value is -1.58. The monoisotopic (exact) mass is 209 g/mol. The van der Waals surface area contributed by atoms with Gasteiger partial charge < -0.3 is 9.72 Å². The van der Waals surface area contributed by atoms with Gasteiger partial charge in [0.15, 0.2) is 0 Å². The first-order chi connectivity index (χ1) is 7.20. The average molecular weight is 209 g/mol. The first-order valence-corrected chi connectivity index (χ1v) is 4.95. The molecule has 4 heteroatoms. The van der Waals surface area contributed by atoms with Crippen molar-refractivity contribution in [3.05, 3.63) is 28.8 Å². The fourth-order valence-corrected chi connectivity index (χ4v) is 1.65. The topological polar surface area (TPSA) is 42.1 Å². The number of carbonyl (C=O) groups is 1. The number of allylic oxidation sites excluding steroid dienone is 1. The minimum absolute atomic E-state index is 0.142. The molecule has 1 aromatic heterocycles. The second-order valence-electron chi connectivity index (χ2n) is 3.43. The summed E-state index contributed by atoms with van der Waals surface area (Å²) in [6, 6.07) is 1.63. The van der Waals surface area contributed by atoms with Crippen LogP contribution < -0.4 is 0 Å². The fraction of sp³-hybridized carbons (Fsp3) is 0.364. The molecule has 0 bridgehead atoms. The SMILES string of the molecule is CCOC(=O)c1cc2c([nH]1)CCC(F)=C2. The zero-order valence-corrected chi connectivity index (χ0v) is 8.47. The van der Waals surface area contributed by atoms with Gasteiger partial charge in [-0.2, -0.15) is 0 Å². The van der Waals surface area contributed by atoms with Crippen molar-refractivity contribution >= 4 is 12.0 Å². The molecule has 0 radical (unpaired) electrons. The molecule has 1 heterocycles. The largest absolute Gasteiger partial charge is 0.461 e. The number of nitrogens with one attached hydrogen (secondary N) is 1. The predicted octanol–water partition coefficient (Wildman–Crippen LogP) is 2.45. The molecular formula is C11H12FNO2. The number of aromatic nitrogens is 1. The van der Waals surface area contributed by atoms with Gasteiger partial charge in [-0.1, -0.05) is 0 Å². The average Bonchev–Trinajstić information content (AvgIpc) is 2.60. The van der Waals surface area contributed by atoms with E-state index in [0.29, 0.717) is 25.1 Å². The molecule has 0 fully saturated rings. The van der Waals surface area contributed by atoms with Crippen LogP contribution in [-0.4, -0.2) is 17.6 Å².